The average Bonchev–Trinajstić information content (AvgIpc) is 3.46. The maximum Gasteiger partial charge on any atom is 0.433 e. The van der Waals surface area contributed by atoms with E-state index in [2.05, 4.69) is 25.3 Å². The van der Waals surface area contributed by atoms with Gasteiger partial charge < -0.3 is 9.88 Å². The van der Waals surface area contributed by atoms with Crippen molar-refractivity contribution in [2.75, 3.05) is 0 Å². The molecule has 1 amide bonds. The van der Waals surface area contributed by atoms with Crippen LogP contribution in [0.25, 0.3) is 11.0 Å². The van der Waals surface area contributed by atoms with Crippen LogP contribution < -0.4 is 5.32 Å². The molecular formula is C20H21F3N6O. The van der Waals surface area contributed by atoms with Crippen LogP contribution in [-0.4, -0.2) is 30.4 Å². The smallest absolute Gasteiger partial charge is 0.340 e. The number of halogens is 3. The molecule has 0 radical (unpaired) electrons. The van der Waals surface area contributed by atoms with Crippen LogP contribution in [0.4, 0.5) is 13.2 Å². The molecule has 1 atom stereocenters. The highest BCUT2D eigenvalue weighted by Gasteiger charge is 2.38. The second-order valence-electron chi connectivity index (χ2n) is 7.50. The molecule has 0 spiro atoms. The van der Waals surface area contributed by atoms with Crippen molar-refractivity contribution in [3.05, 3.63) is 47.1 Å². The largest absolute Gasteiger partial charge is 0.433 e. The van der Waals surface area contributed by atoms with Crippen LogP contribution in [0.5, 0.6) is 0 Å². The van der Waals surface area contributed by atoms with Crippen molar-refractivity contribution >= 4 is 16.9 Å². The highest BCUT2D eigenvalue weighted by molar-refractivity contribution is 5.92. The van der Waals surface area contributed by atoms with Crippen molar-refractivity contribution in [2.45, 2.75) is 52.4 Å². The van der Waals surface area contributed by atoms with Crippen molar-refractivity contribution < 1.29 is 18.0 Å². The molecule has 0 unspecified atom stereocenters. The molecule has 4 rings (SSSR count). The fourth-order valence-corrected chi connectivity index (χ4v) is 3.55. The summed E-state index contributed by atoms with van der Waals surface area (Å²) < 4.78 is 41.5. The average molecular weight is 418 g/mol. The molecule has 1 N–H and O–H groups in total. The number of carbonyl (C=O) groups is 1. The third-order valence-corrected chi connectivity index (χ3v) is 5.22. The second kappa shape index (κ2) is 7.33. The van der Waals surface area contributed by atoms with Crippen LogP contribution in [0, 0.1) is 19.8 Å². The highest BCUT2D eigenvalue weighted by atomic mass is 19.4. The summed E-state index contributed by atoms with van der Waals surface area (Å²) in [7, 11) is 0. The first-order valence-electron chi connectivity index (χ1n) is 9.73. The van der Waals surface area contributed by atoms with Gasteiger partial charge in [0.15, 0.2) is 0 Å². The Morgan fingerprint density at radius 2 is 1.97 bits per heavy atom. The fourth-order valence-electron chi connectivity index (χ4n) is 3.55. The Bertz CT molecular complexity index is 1100. The lowest BCUT2D eigenvalue weighted by molar-refractivity contribution is -0.141. The molecule has 1 saturated carbocycles. The number of nitrogens with one attached hydrogen (secondary N) is 1. The quantitative estimate of drug-likeness (QED) is 0.682. The number of imidazole rings is 1. The Hall–Kier alpha value is -3.04. The van der Waals surface area contributed by atoms with Gasteiger partial charge in [-0.25, -0.2) is 15.0 Å². The zero-order chi connectivity index (χ0) is 21.6. The van der Waals surface area contributed by atoms with Crippen LogP contribution in [-0.2, 0) is 12.7 Å². The van der Waals surface area contributed by atoms with Crippen molar-refractivity contribution in [1.29, 1.82) is 0 Å². The molecule has 0 aromatic carbocycles. The number of hydrogen-bond acceptors (Lipinski definition) is 5. The van der Waals surface area contributed by atoms with E-state index in [-0.39, 0.29) is 23.2 Å². The topological polar surface area (TPSA) is 85.6 Å². The standard InChI is InChI=1S/C20H21F3N6O/c1-4-29-14-7-15(20(21,22)23)26-11(3)16(14)27-18(29)17(12-5-6-12)28-19(30)13-9-24-10(2)8-25-13/h7-9,12,17H,4-6H2,1-3H3,(H,28,30)/t17-/m0/s1. The molecule has 1 fully saturated rings. The number of pyridine rings is 1. The normalized spacial score (nSPS) is 15.4. The van der Waals surface area contributed by atoms with E-state index in [1.165, 1.54) is 19.3 Å². The van der Waals surface area contributed by atoms with E-state index >= 15 is 0 Å². The Kier molecular flexibility index (Phi) is 4.95. The summed E-state index contributed by atoms with van der Waals surface area (Å²) in [5, 5.41) is 2.96. The molecule has 10 heteroatoms. The SMILES string of the molecule is CCn1c([C@@H](NC(=O)c2cnc(C)cn2)C2CC2)nc2c(C)nc(C(F)(F)F)cc21. The molecule has 0 aliphatic heterocycles. The van der Waals surface area contributed by atoms with Gasteiger partial charge >= 0.3 is 6.18 Å². The number of alkyl halides is 3. The molecular weight excluding hydrogens is 397 g/mol. The van der Waals surface area contributed by atoms with E-state index in [0.717, 1.165) is 18.9 Å². The Morgan fingerprint density at radius 3 is 2.53 bits per heavy atom. The number of carbonyl (C=O) groups excluding carboxylic acids is 1. The number of rotatable bonds is 5. The number of hydrogen-bond donors (Lipinski definition) is 1. The van der Waals surface area contributed by atoms with E-state index in [9.17, 15) is 18.0 Å². The van der Waals surface area contributed by atoms with Gasteiger partial charge in [0, 0.05) is 12.7 Å². The number of aryl methyl sites for hydroxylation is 3. The predicted octanol–water partition coefficient (Wildman–Crippen LogP) is 3.76. The first kappa shape index (κ1) is 20.2. The third kappa shape index (κ3) is 3.73. The van der Waals surface area contributed by atoms with Gasteiger partial charge in [-0.3, -0.25) is 9.78 Å². The minimum Gasteiger partial charge on any atom is -0.340 e. The summed E-state index contributed by atoms with van der Waals surface area (Å²) >= 11 is 0. The number of nitrogens with zero attached hydrogens (tertiary/aromatic N) is 5. The molecule has 1 aliphatic carbocycles. The predicted molar refractivity (Wildman–Crippen MR) is 103 cm³/mol. The molecule has 158 valence electrons. The van der Waals surface area contributed by atoms with Crippen molar-refractivity contribution in [1.82, 2.24) is 29.8 Å². The van der Waals surface area contributed by atoms with Crippen molar-refractivity contribution in [3.8, 4) is 0 Å². The molecule has 3 aromatic heterocycles. The summed E-state index contributed by atoms with van der Waals surface area (Å²) in [6, 6.07) is 0.598. The number of aromatic nitrogens is 5. The molecule has 3 aromatic rings. The molecule has 30 heavy (non-hydrogen) atoms. The lowest BCUT2D eigenvalue weighted by atomic mass is 10.1. The van der Waals surface area contributed by atoms with Gasteiger partial charge in [0.25, 0.3) is 5.91 Å². The molecule has 1 aliphatic rings. The van der Waals surface area contributed by atoms with Gasteiger partial charge in [0.1, 0.15) is 22.7 Å². The fraction of sp³-hybridized carbons (Fsp3) is 0.450. The zero-order valence-electron chi connectivity index (χ0n) is 16.8. The maximum absolute atomic E-state index is 13.3. The Labute approximate surface area is 170 Å². The summed E-state index contributed by atoms with van der Waals surface area (Å²) in [5.41, 5.74) is 0.912. The van der Waals surface area contributed by atoms with Crippen LogP contribution in [0.3, 0.4) is 0 Å². The van der Waals surface area contributed by atoms with Gasteiger partial charge in [-0.05, 0) is 45.6 Å². The van der Waals surface area contributed by atoms with E-state index in [1.54, 1.807) is 11.5 Å². The van der Waals surface area contributed by atoms with Gasteiger partial charge in [0.05, 0.1) is 29.1 Å². The second-order valence-corrected chi connectivity index (χ2v) is 7.50. The molecule has 0 saturated heterocycles. The van der Waals surface area contributed by atoms with Gasteiger partial charge in [-0.2, -0.15) is 13.2 Å². The molecule has 7 nitrogen and oxygen atoms in total. The van der Waals surface area contributed by atoms with Crippen LogP contribution in [0.2, 0.25) is 0 Å². The number of fused-ring (bicyclic) bond motifs is 1. The van der Waals surface area contributed by atoms with Crippen molar-refractivity contribution in [2.24, 2.45) is 5.92 Å². The van der Waals surface area contributed by atoms with Gasteiger partial charge in [-0.1, -0.05) is 0 Å². The first-order chi connectivity index (χ1) is 14.2. The van der Waals surface area contributed by atoms with Crippen molar-refractivity contribution in [3.63, 3.8) is 0 Å². The monoisotopic (exact) mass is 418 g/mol. The van der Waals surface area contributed by atoms with Gasteiger partial charge in [-0.15, -0.1) is 0 Å². The summed E-state index contributed by atoms with van der Waals surface area (Å²) in [6.45, 7) is 5.54. The minimum atomic E-state index is -4.55. The highest BCUT2D eigenvalue weighted by Crippen LogP contribution is 2.42. The van der Waals surface area contributed by atoms with E-state index in [0.29, 0.717) is 29.1 Å². The van der Waals surface area contributed by atoms with Gasteiger partial charge in [0.2, 0.25) is 0 Å². The maximum atomic E-state index is 13.3. The van der Waals surface area contributed by atoms with E-state index in [4.69, 9.17) is 0 Å². The van der Waals surface area contributed by atoms with Crippen LogP contribution in [0.1, 0.15) is 59.2 Å². The van der Waals surface area contributed by atoms with E-state index < -0.39 is 17.9 Å². The van der Waals surface area contributed by atoms with Crippen LogP contribution >= 0.6 is 0 Å². The van der Waals surface area contributed by atoms with E-state index in [1.807, 2.05) is 6.92 Å². The lowest BCUT2D eigenvalue weighted by Gasteiger charge is -2.19. The zero-order valence-corrected chi connectivity index (χ0v) is 16.8. The number of amides is 1. The Morgan fingerprint density at radius 1 is 1.23 bits per heavy atom. The first-order valence-corrected chi connectivity index (χ1v) is 9.73. The summed E-state index contributed by atoms with van der Waals surface area (Å²) in [4.78, 5) is 29.2. The molecule has 0 bridgehead atoms. The summed E-state index contributed by atoms with van der Waals surface area (Å²) in [6.07, 6.45) is 0.179. The third-order valence-electron chi connectivity index (χ3n) is 5.22. The molecule has 3 heterocycles. The van der Waals surface area contributed by atoms with Crippen LogP contribution in [0.15, 0.2) is 18.5 Å². The lowest BCUT2D eigenvalue weighted by Crippen LogP contribution is -2.32. The Balaban J connectivity index is 1.76. The minimum absolute atomic E-state index is 0.171. The summed E-state index contributed by atoms with van der Waals surface area (Å²) in [5.74, 6) is 0.317.